The Morgan fingerprint density at radius 1 is 1.27 bits per heavy atom. The average molecular weight is 211 g/mol. The van der Waals surface area contributed by atoms with Crippen LogP contribution in [0.2, 0.25) is 0 Å². The van der Waals surface area contributed by atoms with Crippen molar-refractivity contribution < 1.29 is 9.53 Å². The van der Waals surface area contributed by atoms with Gasteiger partial charge in [0.15, 0.2) is 0 Å². The van der Waals surface area contributed by atoms with E-state index in [-0.39, 0.29) is 5.97 Å². The van der Waals surface area contributed by atoms with Crippen LogP contribution in [0.5, 0.6) is 0 Å². The van der Waals surface area contributed by atoms with E-state index in [9.17, 15) is 4.79 Å². The highest BCUT2D eigenvalue weighted by Gasteiger charge is 1.94. The summed E-state index contributed by atoms with van der Waals surface area (Å²) < 4.78 is 4.84. The molecule has 0 bridgehead atoms. The molecule has 0 rings (SSSR count). The molecule has 0 amide bonds. The molecule has 0 atom stereocenters. The second-order valence-electron chi connectivity index (χ2n) is 3.14. The van der Waals surface area contributed by atoms with E-state index in [1.54, 1.807) is 0 Å². The maximum absolute atomic E-state index is 10.6. The number of ether oxygens (including phenoxy) is 1. The summed E-state index contributed by atoms with van der Waals surface area (Å²) in [6.07, 6.45) is 8.47. The Hall–Kier alpha value is -1.30. The van der Waals surface area contributed by atoms with Gasteiger partial charge in [0.1, 0.15) is 0 Å². The van der Waals surface area contributed by atoms with Crippen molar-refractivity contribution >= 4 is 5.97 Å². The van der Waals surface area contributed by atoms with Crippen LogP contribution in [-0.2, 0) is 9.53 Å². The highest BCUT2D eigenvalue weighted by atomic mass is 16.5. The third kappa shape index (κ3) is 15.5. The van der Waals surface area contributed by atoms with E-state index in [1.165, 1.54) is 31.8 Å². The first-order valence-electron chi connectivity index (χ1n) is 5.36. The van der Waals surface area contributed by atoms with Gasteiger partial charge in [-0.25, -0.2) is 10.1 Å². The van der Waals surface area contributed by atoms with Gasteiger partial charge in [0.05, 0.1) is 6.61 Å². The summed E-state index contributed by atoms with van der Waals surface area (Å²) in [6.45, 7) is 9.56. The van der Waals surface area contributed by atoms with Crippen molar-refractivity contribution in [2.45, 2.75) is 45.4 Å². The first-order chi connectivity index (χ1) is 7.31. The van der Waals surface area contributed by atoms with Crippen LogP contribution in [0.4, 0.5) is 0 Å². The van der Waals surface area contributed by atoms with E-state index >= 15 is 0 Å². The Bertz CT molecular complexity index is 176. The number of rotatable bonds is 8. The fourth-order valence-electron chi connectivity index (χ4n) is 1.11. The quantitative estimate of drug-likeness (QED) is 0.352. The number of carbonyl (C=O) groups is 1. The van der Waals surface area contributed by atoms with E-state index in [0.29, 0.717) is 6.61 Å². The summed E-state index contributed by atoms with van der Waals surface area (Å²) in [5.74, 6) is -0.312. The Labute approximate surface area is 92.7 Å². The zero-order valence-electron chi connectivity index (χ0n) is 9.58. The molecular weight excluding hydrogens is 190 g/mol. The van der Waals surface area contributed by atoms with E-state index in [2.05, 4.69) is 20.1 Å². The number of esters is 1. The van der Waals surface area contributed by atoms with Crippen LogP contribution in [0.15, 0.2) is 12.7 Å². The monoisotopic (exact) mass is 211 g/mol. The summed E-state index contributed by atoms with van der Waals surface area (Å²) in [5.41, 5.74) is 0. The van der Waals surface area contributed by atoms with Gasteiger partial charge >= 0.3 is 5.97 Å². The zero-order chi connectivity index (χ0) is 11.9. The molecule has 0 saturated carbocycles. The Morgan fingerprint density at radius 2 is 1.80 bits per heavy atom. The van der Waals surface area contributed by atoms with Gasteiger partial charge in [-0.3, -0.25) is 0 Å². The molecule has 0 aromatic carbocycles. The van der Waals surface area contributed by atoms with Crippen molar-refractivity contribution in [1.29, 1.82) is 5.26 Å². The molecule has 0 aliphatic rings. The third-order valence-electron chi connectivity index (χ3n) is 1.91. The highest BCUT2D eigenvalue weighted by molar-refractivity contribution is 5.81. The largest absolute Gasteiger partial charge is 0.463 e. The van der Waals surface area contributed by atoms with Crippen LogP contribution in [0.3, 0.4) is 0 Å². The van der Waals surface area contributed by atoms with Crippen LogP contribution in [0.1, 0.15) is 45.4 Å². The minimum absolute atomic E-state index is 0.312. The number of carbonyl (C=O) groups excluding carboxylic acids is 1. The summed E-state index contributed by atoms with van der Waals surface area (Å²) in [6, 6.07) is 0. The molecule has 15 heavy (non-hydrogen) atoms. The van der Waals surface area contributed by atoms with Gasteiger partial charge in [-0.1, -0.05) is 45.6 Å². The molecule has 0 spiro atoms. The molecule has 0 N–H and O–H groups in total. The van der Waals surface area contributed by atoms with Gasteiger partial charge < -0.3 is 4.74 Å². The number of nitriles is 1. The molecular formula is C12H21NO2. The number of nitrogens with zero attached hydrogens (tertiary/aromatic N) is 1. The summed E-state index contributed by atoms with van der Waals surface area (Å²) in [5, 5.41) is 6.50. The summed E-state index contributed by atoms with van der Waals surface area (Å²) in [4.78, 5) is 10.6. The van der Waals surface area contributed by atoms with Crippen LogP contribution in [0, 0.1) is 11.8 Å². The van der Waals surface area contributed by atoms with Crippen molar-refractivity contribution in [3.8, 4) is 6.57 Å². The fraction of sp³-hybridized carbons (Fsp3) is 0.667. The third-order valence-corrected chi connectivity index (χ3v) is 1.91. The fourth-order valence-corrected chi connectivity index (χ4v) is 1.11. The smallest absolute Gasteiger partial charge is 0.330 e. The molecule has 0 saturated heterocycles. The van der Waals surface area contributed by atoms with Crippen molar-refractivity contribution in [3.63, 3.8) is 0 Å². The highest BCUT2D eigenvalue weighted by Crippen LogP contribution is 2.04. The number of hydrogen-bond donors (Lipinski definition) is 0. The molecule has 3 heteroatoms. The molecule has 3 nitrogen and oxygen atoms in total. The van der Waals surface area contributed by atoms with E-state index < -0.39 is 0 Å². The van der Waals surface area contributed by atoms with Gasteiger partial charge in [0, 0.05) is 12.6 Å². The van der Waals surface area contributed by atoms with Gasteiger partial charge in [-0.15, -0.1) is 0 Å². The molecule has 0 radical (unpaired) electrons. The van der Waals surface area contributed by atoms with Crippen molar-refractivity contribution in [2.24, 2.45) is 0 Å². The van der Waals surface area contributed by atoms with Gasteiger partial charge in [0.2, 0.25) is 0 Å². The molecule has 0 unspecified atom stereocenters. The minimum Gasteiger partial charge on any atom is -0.463 e. The lowest BCUT2D eigenvalue weighted by atomic mass is 10.1. The Kier molecular flexibility index (Phi) is 16.3. The predicted octanol–water partition coefficient (Wildman–Crippen LogP) is 3.22. The number of hydrogen-bond acceptors (Lipinski definition) is 3. The molecule has 86 valence electrons. The van der Waals surface area contributed by atoms with Crippen molar-refractivity contribution in [2.75, 3.05) is 6.61 Å². The van der Waals surface area contributed by atoms with Gasteiger partial charge in [-0.05, 0) is 6.42 Å². The van der Waals surface area contributed by atoms with Crippen LogP contribution < -0.4 is 0 Å². The Morgan fingerprint density at radius 3 is 2.33 bits per heavy atom. The lowest BCUT2D eigenvalue weighted by molar-refractivity contribution is -0.137. The lowest BCUT2D eigenvalue weighted by Crippen LogP contribution is -2.01. The average Bonchev–Trinajstić information content (AvgIpc) is 2.30. The van der Waals surface area contributed by atoms with Crippen molar-refractivity contribution in [1.82, 2.24) is 0 Å². The van der Waals surface area contributed by atoms with Crippen LogP contribution in [0.25, 0.3) is 0 Å². The van der Waals surface area contributed by atoms with Gasteiger partial charge in [-0.2, -0.15) is 0 Å². The van der Waals surface area contributed by atoms with E-state index in [4.69, 9.17) is 10.00 Å². The molecule has 0 fully saturated rings. The van der Waals surface area contributed by atoms with Crippen molar-refractivity contribution in [3.05, 3.63) is 12.7 Å². The number of unbranched alkanes of at least 4 members (excludes halogenated alkanes) is 5. The van der Waals surface area contributed by atoms with E-state index in [0.717, 1.165) is 12.8 Å². The second kappa shape index (κ2) is 15.2. The second-order valence-corrected chi connectivity index (χ2v) is 3.14. The summed E-state index contributed by atoms with van der Waals surface area (Å²) >= 11 is 0. The topological polar surface area (TPSA) is 50.1 Å². The van der Waals surface area contributed by atoms with Gasteiger partial charge in [0.25, 0.3) is 0 Å². The molecule has 0 aromatic heterocycles. The molecule has 0 heterocycles. The normalized spacial score (nSPS) is 8.47. The summed E-state index contributed by atoms with van der Waals surface area (Å²) in [7, 11) is 0. The maximum atomic E-state index is 10.6. The van der Waals surface area contributed by atoms with Crippen LogP contribution in [-0.4, -0.2) is 12.6 Å². The minimum atomic E-state index is -0.312. The standard InChI is InChI=1S/C11H20O2.CHN/c1-3-5-6-7-8-9-10-13-11(12)4-2;1-2/h4H,2-3,5-10H2,1H3;1H. The Balaban J connectivity index is 0. The van der Waals surface area contributed by atoms with E-state index in [1.807, 2.05) is 0 Å². The first kappa shape index (κ1) is 16.1. The first-order valence-corrected chi connectivity index (χ1v) is 5.36. The SMILES string of the molecule is C#N.C=CC(=O)OCCCCCCCC. The maximum Gasteiger partial charge on any atom is 0.330 e. The van der Waals surface area contributed by atoms with Crippen LogP contribution >= 0.6 is 0 Å². The zero-order valence-corrected chi connectivity index (χ0v) is 9.58. The predicted molar refractivity (Wildman–Crippen MR) is 61.2 cm³/mol. The lowest BCUT2D eigenvalue weighted by Gasteiger charge is -2.01. The molecule has 0 aliphatic carbocycles. The molecule has 0 aliphatic heterocycles. The molecule has 0 aromatic rings.